The number of ether oxygens (including phenoxy) is 1. The number of hydrogen-bond acceptors (Lipinski definition) is 3. The molecule has 1 aromatic carbocycles. The zero-order valence-corrected chi connectivity index (χ0v) is 11.3. The van der Waals surface area contributed by atoms with Crippen molar-refractivity contribution in [3.8, 4) is 5.75 Å². The fraction of sp³-hybridized carbons (Fsp3) is 0.400. The Morgan fingerprint density at radius 1 is 1.53 bits per heavy atom. The Labute approximate surface area is 113 Å². The third kappa shape index (κ3) is 3.58. The highest BCUT2D eigenvalue weighted by molar-refractivity contribution is 5.92. The van der Waals surface area contributed by atoms with E-state index in [2.05, 4.69) is 5.32 Å². The Hall–Kier alpha value is -1.81. The van der Waals surface area contributed by atoms with E-state index < -0.39 is 5.54 Å². The molecule has 0 radical (unpaired) electrons. The third-order valence-corrected chi connectivity index (χ3v) is 3.00. The van der Waals surface area contributed by atoms with Crippen molar-refractivity contribution in [1.82, 2.24) is 5.32 Å². The smallest absolute Gasteiger partial charge is 0.244 e. The molecular weight excluding hydrogens is 242 g/mol. The lowest BCUT2D eigenvalue weighted by atomic mass is 10.1. The van der Waals surface area contributed by atoms with Gasteiger partial charge >= 0.3 is 0 Å². The van der Waals surface area contributed by atoms with Crippen LogP contribution in [0.5, 0.6) is 5.75 Å². The van der Waals surface area contributed by atoms with E-state index in [-0.39, 0.29) is 12.5 Å². The van der Waals surface area contributed by atoms with Gasteiger partial charge < -0.3 is 15.2 Å². The normalized spacial score (nSPS) is 14.3. The number of nitrogens with one attached hydrogen (secondary N) is 1. The van der Waals surface area contributed by atoms with E-state index in [1.165, 1.54) is 11.6 Å². The van der Waals surface area contributed by atoms with E-state index in [9.17, 15) is 4.79 Å². The summed E-state index contributed by atoms with van der Waals surface area (Å²) in [6.45, 7) is 4.17. The molecule has 1 aliphatic rings. The van der Waals surface area contributed by atoms with Crippen LogP contribution in [0.25, 0.3) is 6.08 Å². The number of benzene rings is 1. The monoisotopic (exact) mass is 261 g/mol. The molecule has 19 heavy (non-hydrogen) atoms. The molecule has 0 bridgehead atoms. The molecule has 0 saturated carbocycles. The topological polar surface area (TPSA) is 58.6 Å². The van der Waals surface area contributed by atoms with Crippen LogP contribution in [0.15, 0.2) is 24.3 Å². The number of carbonyl (C=O) groups is 1. The lowest BCUT2D eigenvalue weighted by molar-refractivity contribution is -0.118. The largest absolute Gasteiger partial charge is 0.493 e. The van der Waals surface area contributed by atoms with Crippen LogP contribution in [0.1, 0.15) is 25.0 Å². The molecule has 0 fully saturated rings. The summed E-state index contributed by atoms with van der Waals surface area (Å²) < 4.78 is 5.43. The van der Waals surface area contributed by atoms with E-state index in [1.807, 2.05) is 18.2 Å². The summed E-state index contributed by atoms with van der Waals surface area (Å²) in [5, 5.41) is 11.8. The molecule has 0 aromatic heterocycles. The Morgan fingerprint density at radius 2 is 2.32 bits per heavy atom. The Bertz CT molecular complexity index is 506. The van der Waals surface area contributed by atoms with Gasteiger partial charge in [-0.05, 0) is 43.2 Å². The van der Waals surface area contributed by atoms with Gasteiger partial charge in [0.15, 0.2) is 0 Å². The molecule has 0 saturated heterocycles. The molecule has 1 heterocycles. The van der Waals surface area contributed by atoms with E-state index in [1.54, 1.807) is 19.9 Å². The second kappa shape index (κ2) is 5.45. The maximum Gasteiger partial charge on any atom is 0.244 e. The molecule has 1 aromatic rings. The summed E-state index contributed by atoms with van der Waals surface area (Å²) in [5.41, 5.74) is 1.55. The molecule has 0 unspecified atom stereocenters. The predicted octanol–water partition coefficient (Wildman–Crippen LogP) is 1.52. The van der Waals surface area contributed by atoms with E-state index in [4.69, 9.17) is 9.84 Å². The highest BCUT2D eigenvalue weighted by Gasteiger charge is 2.17. The van der Waals surface area contributed by atoms with Gasteiger partial charge in [0, 0.05) is 12.5 Å². The van der Waals surface area contributed by atoms with Crippen LogP contribution in [-0.2, 0) is 11.2 Å². The van der Waals surface area contributed by atoms with Crippen molar-refractivity contribution in [2.45, 2.75) is 25.8 Å². The van der Waals surface area contributed by atoms with Crippen molar-refractivity contribution in [2.75, 3.05) is 13.2 Å². The fourth-order valence-corrected chi connectivity index (χ4v) is 1.90. The fourth-order valence-electron chi connectivity index (χ4n) is 1.90. The summed E-state index contributed by atoms with van der Waals surface area (Å²) in [6, 6.07) is 5.88. The first-order valence-electron chi connectivity index (χ1n) is 6.37. The zero-order valence-electron chi connectivity index (χ0n) is 11.3. The number of fused-ring (bicyclic) bond motifs is 1. The number of hydrogen-bond donors (Lipinski definition) is 2. The first-order valence-corrected chi connectivity index (χ1v) is 6.37. The highest BCUT2D eigenvalue weighted by atomic mass is 16.5. The molecule has 1 aliphatic heterocycles. The minimum atomic E-state index is -0.604. The van der Waals surface area contributed by atoms with Crippen LogP contribution < -0.4 is 10.1 Å². The van der Waals surface area contributed by atoms with Gasteiger partial charge in [0.25, 0.3) is 0 Å². The number of aliphatic hydroxyl groups excluding tert-OH is 1. The average Bonchev–Trinajstić information content (AvgIpc) is 2.83. The maximum absolute atomic E-state index is 11.7. The average molecular weight is 261 g/mol. The van der Waals surface area contributed by atoms with Crippen molar-refractivity contribution < 1.29 is 14.6 Å². The Kier molecular flexibility index (Phi) is 3.90. The summed E-state index contributed by atoms with van der Waals surface area (Å²) in [7, 11) is 0. The predicted molar refractivity (Wildman–Crippen MR) is 74.0 cm³/mol. The van der Waals surface area contributed by atoms with Gasteiger partial charge in [-0.25, -0.2) is 0 Å². The van der Waals surface area contributed by atoms with Gasteiger partial charge in [-0.15, -0.1) is 0 Å². The molecule has 2 N–H and O–H groups in total. The molecule has 102 valence electrons. The number of rotatable bonds is 4. The van der Waals surface area contributed by atoms with E-state index in [0.29, 0.717) is 0 Å². The number of aliphatic hydroxyl groups is 1. The second-order valence-electron chi connectivity index (χ2n) is 5.33. The molecule has 0 spiro atoms. The summed E-state index contributed by atoms with van der Waals surface area (Å²) in [6.07, 6.45) is 4.16. The number of carbonyl (C=O) groups excluding carboxylic acids is 1. The van der Waals surface area contributed by atoms with Gasteiger partial charge in [0.05, 0.1) is 18.8 Å². The van der Waals surface area contributed by atoms with Crippen LogP contribution in [0.2, 0.25) is 0 Å². The summed E-state index contributed by atoms with van der Waals surface area (Å²) >= 11 is 0. The lowest BCUT2D eigenvalue weighted by Gasteiger charge is -2.22. The van der Waals surface area contributed by atoms with Crippen LogP contribution in [0.4, 0.5) is 0 Å². The van der Waals surface area contributed by atoms with Crippen LogP contribution in [0, 0.1) is 0 Å². The minimum absolute atomic E-state index is 0.0945. The van der Waals surface area contributed by atoms with Gasteiger partial charge in [0.2, 0.25) is 5.91 Å². The minimum Gasteiger partial charge on any atom is -0.493 e. The first-order chi connectivity index (χ1) is 9.00. The lowest BCUT2D eigenvalue weighted by Crippen LogP contribution is -2.45. The Balaban J connectivity index is 2.01. The van der Waals surface area contributed by atoms with Crippen molar-refractivity contribution in [1.29, 1.82) is 0 Å². The second-order valence-corrected chi connectivity index (χ2v) is 5.33. The van der Waals surface area contributed by atoms with Crippen molar-refractivity contribution >= 4 is 12.0 Å². The summed E-state index contributed by atoms with van der Waals surface area (Å²) in [4.78, 5) is 11.7. The zero-order chi connectivity index (χ0) is 13.9. The van der Waals surface area contributed by atoms with Gasteiger partial charge in [-0.3, -0.25) is 4.79 Å². The van der Waals surface area contributed by atoms with Gasteiger partial charge in [0.1, 0.15) is 5.75 Å². The van der Waals surface area contributed by atoms with Crippen LogP contribution in [0.3, 0.4) is 0 Å². The quantitative estimate of drug-likeness (QED) is 0.808. The van der Waals surface area contributed by atoms with Crippen LogP contribution >= 0.6 is 0 Å². The Morgan fingerprint density at radius 3 is 3.05 bits per heavy atom. The highest BCUT2D eigenvalue weighted by Crippen LogP contribution is 2.26. The molecule has 2 rings (SSSR count). The summed E-state index contributed by atoms with van der Waals surface area (Å²) in [5.74, 6) is 0.721. The molecule has 1 amide bonds. The molecule has 4 nitrogen and oxygen atoms in total. The van der Waals surface area contributed by atoms with Crippen molar-refractivity contribution in [3.63, 3.8) is 0 Å². The molecule has 0 aliphatic carbocycles. The maximum atomic E-state index is 11.7. The van der Waals surface area contributed by atoms with E-state index >= 15 is 0 Å². The van der Waals surface area contributed by atoms with Gasteiger partial charge in [-0.2, -0.15) is 0 Å². The SMILES string of the molecule is CC(C)(CO)NC(=O)/C=C/c1ccc2c(c1)CCO2. The number of amides is 1. The first kappa shape index (κ1) is 13.6. The molecule has 0 atom stereocenters. The third-order valence-electron chi connectivity index (χ3n) is 3.00. The van der Waals surface area contributed by atoms with Crippen LogP contribution in [-0.4, -0.2) is 29.8 Å². The molecular formula is C15H19NO3. The van der Waals surface area contributed by atoms with E-state index in [0.717, 1.165) is 24.3 Å². The molecule has 4 heteroatoms. The van der Waals surface area contributed by atoms with Crippen molar-refractivity contribution in [2.24, 2.45) is 0 Å². The van der Waals surface area contributed by atoms with Crippen molar-refractivity contribution in [3.05, 3.63) is 35.4 Å². The standard InChI is InChI=1S/C15H19NO3/c1-15(2,10-17)16-14(18)6-4-11-3-5-13-12(9-11)7-8-19-13/h3-6,9,17H,7-8,10H2,1-2H3,(H,16,18)/b6-4+. The van der Waals surface area contributed by atoms with Gasteiger partial charge in [-0.1, -0.05) is 6.07 Å².